The van der Waals surface area contributed by atoms with Crippen LogP contribution in [0.2, 0.25) is 0 Å². The van der Waals surface area contributed by atoms with Crippen LogP contribution in [-0.4, -0.2) is 34.2 Å². The van der Waals surface area contributed by atoms with Crippen LogP contribution in [0.5, 0.6) is 5.75 Å². The van der Waals surface area contributed by atoms with Crippen LogP contribution < -0.4 is 14.8 Å². The standard InChI is InChI=1S/C17H22N2O3S/c1-12-15(8-5-11-18-12)19-23(20,21)17-10-9-16(22-2)13-6-3-4-7-14(13)17/h3-4,6-7,9-10,12,15,18-19H,5,8,11H2,1-2H3. The molecule has 2 aromatic rings. The van der Waals surface area contributed by atoms with Crippen LogP contribution in [0.1, 0.15) is 19.8 Å². The summed E-state index contributed by atoms with van der Waals surface area (Å²) in [4.78, 5) is 0.298. The average Bonchev–Trinajstić information content (AvgIpc) is 2.55. The molecule has 0 saturated carbocycles. The maximum absolute atomic E-state index is 12.9. The van der Waals surface area contributed by atoms with Crippen molar-refractivity contribution in [1.29, 1.82) is 0 Å². The zero-order valence-corrected chi connectivity index (χ0v) is 14.2. The van der Waals surface area contributed by atoms with Gasteiger partial charge >= 0.3 is 0 Å². The van der Waals surface area contributed by atoms with Gasteiger partial charge < -0.3 is 10.1 Å². The number of ether oxygens (including phenoxy) is 1. The Kier molecular flexibility index (Phi) is 4.57. The largest absolute Gasteiger partial charge is 0.496 e. The van der Waals surface area contributed by atoms with Crippen LogP contribution in [-0.2, 0) is 10.0 Å². The monoisotopic (exact) mass is 334 g/mol. The highest BCUT2D eigenvalue weighted by molar-refractivity contribution is 7.89. The molecule has 2 N–H and O–H groups in total. The van der Waals surface area contributed by atoms with Crippen molar-refractivity contribution in [1.82, 2.24) is 10.0 Å². The van der Waals surface area contributed by atoms with Crippen molar-refractivity contribution in [3.63, 3.8) is 0 Å². The molecule has 1 saturated heterocycles. The van der Waals surface area contributed by atoms with E-state index in [2.05, 4.69) is 10.0 Å². The van der Waals surface area contributed by atoms with Gasteiger partial charge in [-0.2, -0.15) is 0 Å². The quantitative estimate of drug-likeness (QED) is 0.900. The van der Waals surface area contributed by atoms with Gasteiger partial charge in [0.2, 0.25) is 10.0 Å². The molecule has 5 nitrogen and oxygen atoms in total. The first-order valence-electron chi connectivity index (χ1n) is 7.84. The summed E-state index contributed by atoms with van der Waals surface area (Å²) in [6, 6.07) is 10.8. The predicted molar refractivity (Wildman–Crippen MR) is 91.3 cm³/mol. The normalized spacial score (nSPS) is 22.2. The zero-order chi connectivity index (χ0) is 16.4. The van der Waals surface area contributed by atoms with E-state index in [9.17, 15) is 8.42 Å². The van der Waals surface area contributed by atoms with E-state index in [-0.39, 0.29) is 12.1 Å². The number of hydrogen-bond acceptors (Lipinski definition) is 4. The fourth-order valence-electron chi connectivity index (χ4n) is 3.12. The van der Waals surface area contributed by atoms with Crippen LogP contribution in [0.3, 0.4) is 0 Å². The van der Waals surface area contributed by atoms with Gasteiger partial charge in [0.15, 0.2) is 0 Å². The second-order valence-electron chi connectivity index (χ2n) is 5.92. The Balaban J connectivity index is 2.01. The lowest BCUT2D eigenvalue weighted by Crippen LogP contribution is -2.51. The van der Waals surface area contributed by atoms with E-state index in [1.54, 1.807) is 19.2 Å². The van der Waals surface area contributed by atoms with E-state index in [4.69, 9.17) is 4.74 Å². The summed E-state index contributed by atoms with van der Waals surface area (Å²) in [6.07, 6.45) is 1.82. The van der Waals surface area contributed by atoms with Crippen molar-refractivity contribution >= 4 is 20.8 Å². The smallest absolute Gasteiger partial charge is 0.241 e. The van der Waals surface area contributed by atoms with Gasteiger partial charge in [-0.15, -0.1) is 0 Å². The zero-order valence-electron chi connectivity index (χ0n) is 13.4. The molecule has 0 aromatic heterocycles. The number of hydrogen-bond donors (Lipinski definition) is 2. The minimum atomic E-state index is -3.59. The molecule has 0 amide bonds. The topological polar surface area (TPSA) is 67.4 Å². The van der Waals surface area contributed by atoms with Crippen LogP contribution in [0.15, 0.2) is 41.3 Å². The molecule has 124 valence electrons. The minimum Gasteiger partial charge on any atom is -0.496 e. The Morgan fingerprint density at radius 1 is 1.17 bits per heavy atom. The van der Waals surface area contributed by atoms with E-state index in [1.165, 1.54) is 0 Å². The lowest BCUT2D eigenvalue weighted by molar-refractivity contribution is 0.349. The Labute approximate surface area is 137 Å². The van der Waals surface area contributed by atoms with Gasteiger partial charge in [-0.25, -0.2) is 13.1 Å². The van der Waals surface area contributed by atoms with E-state index >= 15 is 0 Å². The first-order valence-corrected chi connectivity index (χ1v) is 9.32. The van der Waals surface area contributed by atoms with E-state index in [0.29, 0.717) is 16.0 Å². The molecule has 1 fully saturated rings. The molecule has 23 heavy (non-hydrogen) atoms. The molecule has 0 aliphatic carbocycles. The van der Waals surface area contributed by atoms with Crippen LogP contribution in [0.4, 0.5) is 0 Å². The molecule has 2 aromatic carbocycles. The molecule has 0 bridgehead atoms. The SMILES string of the molecule is COc1ccc(S(=O)(=O)NC2CCCNC2C)c2ccccc12. The Hall–Kier alpha value is -1.63. The summed E-state index contributed by atoms with van der Waals surface area (Å²) in [5.41, 5.74) is 0. The van der Waals surface area contributed by atoms with E-state index < -0.39 is 10.0 Å². The first kappa shape index (κ1) is 16.2. The minimum absolute atomic E-state index is 0.0883. The highest BCUT2D eigenvalue weighted by Crippen LogP contribution is 2.31. The van der Waals surface area contributed by atoms with Gasteiger partial charge in [-0.05, 0) is 38.4 Å². The van der Waals surface area contributed by atoms with E-state index in [1.807, 2.05) is 31.2 Å². The molecule has 1 heterocycles. The number of rotatable bonds is 4. The highest BCUT2D eigenvalue weighted by Gasteiger charge is 2.27. The first-order chi connectivity index (χ1) is 11.0. The van der Waals surface area contributed by atoms with Crippen LogP contribution in [0.25, 0.3) is 10.8 Å². The molecule has 0 spiro atoms. The number of nitrogens with one attached hydrogen (secondary N) is 2. The molecule has 1 aliphatic heterocycles. The number of methoxy groups -OCH3 is 1. The van der Waals surface area contributed by atoms with Crippen molar-refractivity contribution in [3.8, 4) is 5.75 Å². The summed E-state index contributed by atoms with van der Waals surface area (Å²) in [6.45, 7) is 2.95. The van der Waals surface area contributed by atoms with E-state index in [0.717, 1.165) is 24.8 Å². The van der Waals surface area contributed by atoms with Crippen molar-refractivity contribution in [2.45, 2.75) is 36.7 Å². The van der Waals surface area contributed by atoms with Crippen LogP contribution >= 0.6 is 0 Å². The van der Waals surface area contributed by atoms with Crippen molar-refractivity contribution < 1.29 is 13.2 Å². The summed E-state index contributed by atoms with van der Waals surface area (Å²) >= 11 is 0. The third-order valence-electron chi connectivity index (χ3n) is 4.42. The predicted octanol–water partition coefficient (Wildman–Crippen LogP) is 2.27. The van der Waals surface area contributed by atoms with Crippen molar-refractivity contribution in [2.24, 2.45) is 0 Å². The maximum Gasteiger partial charge on any atom is 0.241 e. The highest BCUT2D eigenvalue weighted by atomic mass is 32.2. The number of benzene rings is 2. The molecule has 2 atom stereocenters. The van der Waals surface area contributed by atoms with Gasteiger partial charge in [0.1, 0.15) is 5.75 Å². The molecule has 6 heteroatoms. The van der Waals surface area contributed by atoms with Gasteiger partial charge in [-0.1, -0.05) is 24.3 Å². The fourth-order valence-corrected chi connectivity index (χ4v) is 4.69. The Morgan fingerprint density at radius 3 is 2.61 bits per heavy atom. The Bertz CT molecular complexity index is 805. The second kappa shape index (κ2) is 6.47. The molecule has 3 rings (SSSR count). The lowest BCUT2D eigenvalue weighted by atomic mass is 10.0. The summed E-state index contributed by atoms with van der Waals surface area (Å²) in [7, 11) is -2.00. The molecule has 2 unspecified atom stereocenters. The average molecular weight is 334 g/mol. The molecular weight excluding hydrogens is 312 g/mol. The van der Waals surface area contributed by atoms with Gasteiger partial charge in [0, 0.05) is 22.9 Å². The summed E-state index contributed by atoms with van der Waals surface area (Å²) < 4.78 is 34.0. The summed E-state index contributed by atoms with van der Waals surface area (Å²) in [5, 5.41) is 4.79. The van der Waals surface area contributed by atoms with Crippen molar-refractivity contribution in [3.05, 3.63) is 36.4 Å². The fraction of sp³-hybridized carbons (Fsp3) is 0.412. The number of fused-ring (bicyclic) bond motifs is 1. The van der Waals surface area contributed by atoms with Crippen molar-refractivity contribution in [2.75, 3.05) is 13.7 Å². The molecule has 0 radical (unpaired) electrons. The van der Waals surface area contributed by atoms with Crippen LogP contribution in [0, 0.1) is 0 Å². The van der Waals surface area contributed by atoms with Gasteiger partial charge in [-0.3, -0.25) is 0 Å². The number of piperidine rings is 1. The lowest BCUT2D eigenvalue weighted by Gasteiger charge is -2.30. The van der Waals surface area contributed by atoms with Gasteiger partial charge in [0.25, 0.3) is 0 Å². The molecule has 1 aliphatic rings. The number of sulfonamides is 1. The second-order valence-corrected chi connectivity index (χ2v) is 7.61. The third kappa shape index (κ3) is 3.20. The Morgan fingerprint density at radius 2 is 1.91 bits per heavy atom. The van der Waals surface area contributed by atoms with Gasteiger partial charge in [0.05, 0.1) is 12.0 Å². The maximum atomic E-state index is 12.9. The summed E-state index contributed by atoms with van der Waals surface area (Å²) in [5.74, 6) is 0.673. The molecular formula is C17H22N2O3S. The third-order valence-corrected chi connectivity index (χ3v) is 5.97.